The molecule has 2 heteroatoms. The molecule has 8 rings (SSSR count). The van der Waals surface area contributed by atoms with Crippen molar-refractivity contribution in [3.05, 3.63) is 125 Å². The van der Waals surface area contributed by atoms with Gasteiger partial charge in [0.1, 0.15) is 0 Å². The lowest BCUT2D eigenvalue weighted by Gasteiger charge is -2.25. The standard InChI is InChI=1S/C37H27NS/c1-22-18-23(2)20-27(19-22)39-37-31-9-4-3-8-28(31)36(33-21-38-17-16-32(33)37)30-15-13-26-11-10-24-6-5-7-25-12-14-29(30)35(26)34(24)25/h3-5,7-10,12-21H,6,11H2,1-2H3. The third-order valence-electron chi connectivity index (χ3n) is 8.29. The van der Waals surface area contributed by atoms with E-state index in [2.05, 4.69) is 116 Å². The van der Waals surface area contributed by atoms with Crippen molar-refractivity contribution in [3.63, 3.8) is 0 Å². The normalized spacial score (nSPS) is 13.8. The SMILES string of the molecule is Cc1cc(C)cc(Sc2c3ccccc3c(-c3ccc4c5c6c(ccc35)C=CCC6=CC4)c3cnccc23)c1. The molecule has 0 amide bonds. The average molecular weight is 518 g/mol. The maximum atomic E-state index is 4.65. The van der Waals surface area contributed by atoms with Crippen LogP contribution in [0.15, 0.2) is 107 Å². The van der Waals surface area contributed by atoms with Crippen LogP contribution in [0.25, 0.3) is 55.1 Å². The molecule has 1 aromatic heterocycles. The van der Waals surface area contributed by atoms with E-state index < -0.39 is 0 Å². The largest absolute Gasteiger partial charge is 0.264 e. The summed E-state index contributed by atoms with van der Waals surface area (Å²) in [5.74, 6) is 0. The maximum Gasteiger partial charge on any atom is 0.0353 e. The molecule has 2 aliphatic rings. The van der Waals surface area contributed by atoms with Crippen LogP contribution >= 0.6 is 11.8 Å². The highest BCUT2D eigenvalue weighted by atomic mass is 32.2. The Kier molecular flexibility index (Phi) is 5.08. The van der Waals surface area contributed by atoms with Crippen LogP contribution in [-0.2, 0) is 6.42 Å². The number of benzene rings is 5. The lowest BCUT2D eigenvalue weighted by molar-refractivity contribution is 1.23. The van der Waals surface area contributed by atoms with E-state index >= 15 is 0 Å². The third-order valence-corrected chi connectivity index (χ3v) is 9.40. The van der Waals surface area contributed by atoms with E-state index in [4.69, 9.17) is 0 Å². The van der Waals surface area contributed by atoms with Crippen molar-refractivity contribution in [2.45, 2.75) is 36.5 Å². The van der Waals surface area contributed by atoms with E-state index in [-0.39, 0.29) is 0 Å². The van der Waals surface area contributed by atoms with Crippen LogP contribution < -0.4 is 0 Å². The van der Waals surface area contributed by atoms with E-state index in [1.807, 2.05) is 18.0 Å². The zero-order valence-electron chi connectivity index (χ0n) is 22.1. The molecule has 0 fully saturated rings. The average Bonchev–Trinajstić information content (AvgIpc) is 2.96. The Labute approximate surface area is 232 Å². The fourth-order valence-electron chi connectivity index (χ4n) is 6.73. The van der Waals surface area contributed by atoms with Gasteiger partial charge in [-0.2, -0.15) is 0 Å². The Morgan fingerprint density at radius 3 is 2.41 bits per heavy atom. The summed E-state index contributed by atoms with van der Waals surface area (Å²) in [4.78, 5) is 7.22. The first kappa shape index (κ1) is 22.8. The molecule has 1 nitrogen and oxygen atoms in total. The van der Waals surface area contributed by atoms with Crippen LogP contribution in [0.2, 0.25) is 0 Å². The molecule has 0 atom stereocenters. The molecule has 0 spiro atoms. The lowest BCUT2D eigenvalue weighted by atomic mass is 9.79. The highest BCUT2D eigenvalue weighted by Gasteiger charge is 2.23. The number of hydrogen-bond donors (Lipinski definition) is 0. The predicted octanol–water partition coefficient (Wildman–Crippen LogP) is 10.3. The Morgan fingerprint density at radius 1 is 0.718 bits per heavy atom. The number of rotatable bonds is 3. The van der Waals surface area contributed by atoms with Gasteiger partial charge in [-0.25, -0.2) is 0 Å². The van der Waals surface area contributed by atoms with Crippen LogP contribution in [-0.4, -0.2) is 4.98 Å². The molecule has 186 valence electrons. The first-order chi connectivity index (χ1) is 19.2. The van der Waals surface area contributed by atoms with E-state index in [0.29, 0.717) is 0 Å². The van der Waals surface area contributed by atoms with Crippen LogP contribution in [0, 0.1) is 13.8 Å². The van der Waals surface area contributed by atoms with Gasteiger partial charge in [0.15, 0.2) is 0 Å². The van der Waals surface area contributed by atoms with E-state index in [9.17, 15) is 0 Å². The van der Waals surface area contributed by atoms with Gasteiger partial charge < -0.3 is 0 Å². The topological polar surface area (TPSA) is 12.9 Å². The number of pyridine rings is 1. The summed E-state index contributed by atoms with van der Waals surface area (Å²) in [7, 11) is 0. The summed E-state index contributed by atoms with van der Waals surface area (Å²) >= 11 is 1.87. The van der Waals surface area contributed by atoms with Crippen molar-refractivity contribution in [1.82, 2.24) is 4.98 Å². The molecule has 0 N–H and O–H groups in total. The Balaban J connectivity index is 1.46. The molecular formula is C37H27NS. The van der Waals surface area contributed by atoms with Gasteiger partial charge in [0.05, 0.1) is 0 Å². The van der Waals surface area contributed by atoms with Crippen molar-refractivity contribution in [1.29, 1.82) is 0 Å². The number of allylic oxidation sites excluding steroid dienone is 3. The number of hydrogen-bond acceptors (Lipinski definition) is 2. The highest BCUT2D eigenvalue weighted by Crippen LogP contribution is 2.49. The summed E-state index contributed by atoms with van der Waals surface area (Å²) in [6, 6.07) is 27.3. The summed E-state index contributed by atoms with van der Waals surface area (Å²) in [6.07, 6.45) is 13.1. The fraction of sp³-hybridized carbons (Fsp3) is 0.108. The zero-order valence-corrected chi connectivity index (χ0v) is 22.9. The maximum absolute atomic E-state index is 4.65. The monoisotopic (exact) mass is 517 g/mol. The number of aryl methyl sites for hydroxylation is 2. The van der Waals surface area contributed by atoms with Crippen molar-refractivity contribution >= 4 is 55.7 Å². The second kappa shape index (κ2) is 8.69. The smallest absolute Gasteiger partial charge is 0.0353 e. The first-order valence-corrected chi connectivity index (χ1v) is 14.5. The van der Waals surface area contributed by atoms with Gasteiger partial charge in [0, 0.05) is 27.6 Å². The minimum atomic E-state index is 1.00. The van der Waals surface area contributed by atoms with Gasteiger partial charge in [0.2, 0.25) is 0 Å². The molecule has 0 bridgehead atoms. The quantitative estimate of drug-likeness (QED) is 0.217. The molecule has 6 aromatic rings. The molecular weight excluding hydrogens is 490 g/mol. The van der Waals surface area contributed by atoms with Crippen molar-refractivity contribution < 1.29 is 0 Å². The molecule has 0 saturated heterocycles. The van der Waals surface area contributed by atoms with E-state index in [1.54, 1.807) is 0 Å². The third kappa shape index (κ3) is 3.52. The number of nitrogens with zero attached hydrogens (tertiary/aromatic N) is 1. The van der Waals surface area contributed by atoms with Gasteiger partial charge in [-0.05, 0) is 116 Å². The summed E-state index contributed by atoms with van der Waals surface area (Å²) < 4.78 is 0. The Bertz CT molecular complexity index is 1980. The molecule has 0 unspecified atom stereocenters. The Morgan fingerprint density at radius 2 is 1.54 bits per heavy atom. The van der Waals surface area contributed by atoms with Crippen LogP contribution in [0.3, 0.4) is 0 Å². The second-order valence-corrected chi connectivity index (χ2v) is 11.9. The lowest BCUT2D eigenvalue weighted by Crippen LogP contribution is -2.04. The molecule has 1 heterocycles. The molecule has 5 aromatic carbocycles. The van der Waals surface area contributed by atoms with E-state index in [1.165, 1.54) is 86.6 Å². The fourth-order valence-corrected chi connectivity index (χ4v) is 8.03. The summed E-state index contributed by atoms with van der Waals surface area (Å²) in [5, 5.41) is 7.82. The van der Waals surface area contributed by atoms with Gasteiger partial charge in [-0.3, -0.25) is 4.98 Å². The van der Waals surface area contributed by atoms with Crippen molar-refractivity contribution in [3.8, 4) is 11.1 Å². The van der Waals surface area contributed by atoms with Crippen molar-refractivity contribution in [2.24, 2.45) is 0 Å². The summed E-state index contributed by atoms with van der Waals surface area (Å²) in [6.45, 7) is 4.36. The zero-order chi connectivity index (χ0) is 26.1. The highest BCUT2D eigenvalue weighted by molar-refractivity contribution is 7.99. The summed E-state index contributed by atoms with van der Waals surface area (Å²) in [5.41, 5.74) is 10.9. The number of fused-ring (bicyclic) bond motifs is 2. The van der Waals surface area contributed by atoms with Crippen LogP contribution in [0.5, 0.6) is 0 Å². The predicted molar refractivity (Wildman–Crippen MR) is 168 cm³/mol. The Hall–Kier alpha value is -4.14. The van der Waals surface area contributed by atoms with Gasteiger partial charge in [0.25, 0.3) is 0 Å². The minimum absolute atomic E-state index is 1.00. The van der Waals surface area contributed by atoms with Gasteiger partial charge >= 0.3 is 0 Å². The van der Waals surface area contributed by atoms with Gasteiger partial charge in [-0.1, -0.05) is 84.6 Å². The first-order valence-electron chi connectivity index (χ1n) is 13.7. The molecule has 0 saturated carbocycles. The molecule has 39 heavy (non-hydrogen) atoms. The minimum Gasteiger partial charge on any atom is -0.264 e. The molecule has 0 radical (unpaired) electrons. The van der Waals surface area contributed by atoms with Gasteiger partial charge in [-0.15, -0.1) is 0 Å². The second-order valence-electron chi connectivity index (χ2n) is 10.9. The molecule has 0 aliphatic heterocycles. The number of aromatic nitrogens is 1. The molecule has 2 aliphatic carbocycles. The van der Waals surface area contributed by atoms with Crippen molar-refractivity contribution in [2.75, 3.05) is 0 Å². The van der Waals surface area contributed by atoms with Crippen LogP contribution in [0.4, 0.5) is 0 Å². The van der Waals surface area contributed by atoms with Crippen LogP contribution in [0.1, 0.15) is 34.2 Å². The van der Waals surface area contributed by atoms with E-state index in [0.717, 1.165) is 12.8 Å².